The number of thiazole rings is 1. The Labute approximate surface area is 163 Å². The third kappa shape index (κ3) is 5.57. The van der Waals surface area contributed by atoms with Crippen LogP contribution in [0.3, 0.4) is 0 Å². The summed E-state index contributed by atoms with van der Waals surface area (Å²) in [5.74, 6) is 6.89. The SMILES string of the molecule is CCC#CCCCOc1cccc(CNC(=O)c2ccc3ncsc3c2)c1. The molecule has 1 heterocycles. The molecule has 0 saturated heterocycles. The van der Waals surface area contributed by atoms with Crippen molar-refractivity contribution in [1.29, 1.82) is 0 Å². The zero-order valence-electron chi connectivity index (χ0n) is 15.3. The van der Waals surface area contributed by atoms with Gasteiger partial charge in [-0.25, -0.2) is 4.98 Å². The Kier molecular flexibility index (Phi) is 6.84. The molecule has 0 aliphatic heterocycles. The molecule has 1 aromatic heterocycles. The van der Waals surface area contributed by atoms with Gasteiger partial charge in [-0.1, -0.05) is 19.1 Å². The number of hydrogen-bond donors (Lipinski definition) is 1. The van der Waals surface area contributed by atoms with Crippen LogP contribution in [-0.4, -0.2) is 17.5 Å². The number of ether oxygens (including phenoxy) is 1. The summed E-state index contributed by atoms with van der Waals surface area (Å²) in [6, 6.07) is 13.4. The summed E-state index contributed by atoms with van der Waals surface area (Å²) >= 11 is 1.53. The van der Waals surface area contributed by atoms with Gasteiger partial charge in [0.1, 0.15) is 5.75 Å². The first-order chi connectivity index (χ1) is 13.3. The van der Waals surface area contributed by atoms with Crippen LogP contribution in [0, 0.1) is 11.8 Å². The zero-order chi connectivity index (χ0) is 18.9. The molecule has 5 heteroatoms. The topological polar surface area (TPSA) is 51.2 Å². The molecule has 0 fully saturated rings. The third-order valence-electron chi connectivity index (χ3n) is 3.96. The van der Waals surface area contributed by atoms with Crippen LogP contribution in [0.4, 0.5) is 0 Å². The molecule has 4 nitrogen and oxygen atoms in total. The van der Waals surface area contributed by atoms with Gasteiger partial charge in [0.05, 0.1) is 22.3 Å². The molecule has 0 spiro atoms. The molecule has 3 aromatic rings. The number of nitrogens with zero attached hydrogens (tertiary/aromatic N) is 1. The molecule has 1 amide bonds. The highest BCUT2D eigenvalue weighted by atomic mass is 32.1. The van der Waals surface area contributed by atoms with Crippen molar-refractivity contribution in [2.24, 2.45) is 0 Å². The van der Waals surface area contributed by atoms with E-state index in [0.717, 1.165) is 40.8 Å². The summed E-state index contributed by atoms with van der Waals surface area (Å²) in [4.78, 5) is 16.6. The number of nitrogens with one attached hydrogen (secondary N) is 1. The van der Waals surface area contributed by atoms with Gasteiger partial charge in [-0.15, -0.1) is 23.2 Å². The lowest BCUT2D eigenvalue weighted by Gasteiger charge is -2.09. The normalized spacial score (nSPS) is 10.3. The van der Waals surface area contributed by atoms with Crippen molar-refractivity contribution in [2.75, 3.05) is 6.61 Å². The van der Waals surface area contributed by atoms with Gasteiger partial charge in [-0.05, 0) is 42.3 Å². The smallest absolute Gasteiger partial charge is 0.251 e. The third-order valence-corrected chi connectivity index (χ3v) is 4.75. The second-order valence-corrected chi connectivity index (χ2v) is 6.91. The fourth-order valence-electron chi connectivity index (χ4n) is 2.59. The molecule has 0 bridgehead atoms. The second kappa shape index (κ2) is 9.75. The van der Waals surface area contributed by atoms with Crippen molar-refractivity contribution >= 4 is 27.5 Å². The number of aromatic nitrogens is 1. The molecule has 0 atom stereocenters. The number of amides is 1. The van der Waals surface area contributed by atoms with Crippen LogP contribution in [-0.2, 0) is 6.54 Å². The number of benzene rings is 2. The maximum Gasteiger partial charge on any atom is 0.251 e. The fraction of sp³-hybridized carbons (Fsp3) is 0.273. The number of hydrogen-bond acceptors (Lipinski definition) is 4. The van der Waals surface area contributed by atoms with Crippen LogP contribution in [0.5, 0.6) is 5.75 Å². The first-order valence-electron chi connectivity index (χ1n) is 9.05. The minimum absolute atomic E-state index is 0.0916. The Balaban J connectivity index is 1.50. The lowest BCUT2D eigenvalue weighted by molar-refractivity contribution is 0.0951. The van der Waals surface area contributed by atoms with Gasteiger partial charge in [-0.3, -0.25) is 4.79 Å². The van der Waals surface area contributed by atoms with E-state index in [4.69, 9.17) is 4.74 Å². The van der Waals surface area contributed by atoms with E-state index in [1.54, 1.807) is 11.6 Å². The maximum atomic E-state index is 12.4. The van der Waals surface area contributed by atoms with Gasteiger partial charge in [0.25, 0.3) is 5.91 Å². The predicted octanol–water partition coefficient (Wildman–Crippen LogP) is 4.80. The fourth-order valence-corrected chi connectivity index (χ4v) is 3.31. The highest BCUT2D eigenvalue weighted by Crippen LogP contribution is 2.19. The van der Waals surface area contributed by atoms with Crippen molar-refractivity contribution in [1.82, 2.24) is 10.3 Å². The van der Waals surface area contributed by atoms with Crippen LogP contribution < -0.4 is 10.1 Å². The molecule has 3 rings (SSSR count). The Bertz CT molecular complexity index is 969. The van der Waals surface area contributed by atoms with Crippen molar-refractivity contribution < 1.29 is 9.53 Å². The van der Waals surface area contributed by atoms with E-state index in [9.17, 15) is 4.79 Å². The predicted molar refractivity (Wildman–Crippen MR) is 110 cm³/mol. The van der Waals surface area contributed by atoms with Gasteiger partial charge in [0.2, 0.25) is 0 Å². The Morgan fingerprint density at radius 2 is 2.15 bits per heavy atom. The van der Waals surface area contributed by atoms with Crippen molar-refractivity contribution in [3.05, 3.63) is 59.1 Å². The average Bonchev–Trinajstić information content (AvgIpc) is 3.17. The highest BCUT2D eigenvalue weighted by molar-refractivity contribution is 7.16. The second-order valence-electron chi connectivity index (χ2n) is 6.02. The van der Waals surface area contributed by atoms with Gasteiger partial charge >= 0.3 is 0 Å². The summed E-state index contributed by atoms with van der Waals surface area (Å²) in [5, 5.41) is 2.96. The molecule has 0 aliphatic carbocycles. The summed E-state index contributed by atoms with van der Waals surface area (Å²) in [6.07, 6.45) is 2.66. The summed E-state index contributed by atoms with van der Waals surface area (Å²) in [7, 11) is 0. The van der Waals surface area contributed by atoms with E-state index >= 15 is 0 Å². The van der Waals surface area contributed by atoms with E-state index in [-0.39, 0.29) is 5.91 Å². The van der Waals surface area contributed by atoms with Gasteiger partial charge < -0.3 is 10.1 Å². The number of fused-ring (bicyclic) bond motifs is 1. The van der Waals surface area contributed by atoms with Gasteiger partial charge in [0, 0.05) is 24.9 Å². The van der Waals surface area contributed by atoms with E-state index in [1.807, 2.05) is 43.3 Å². The van der Waals surface area contributed by atoms with E-state index in [1.165, 1.54) is 11.3 Å². The minimum atomic E-state index is -0.0916. The minimum Gasteiger partial charge on any atom is -0.494 e. The molecule has 2 aromatic carbocycles. The van der Waals surface area contributed by atoms with Crippen LogP contribution in [0.15, 0.2) is 48.0 Å². The van der Waals surface area contributed by atoms with Crippen molar-refractivity contribution in [3.63, 3.8) is 0 Å². The monoisotopic (exact) mass is 378 g/mol. The quantitative estimate of drug-likeness (QED) is 0.475. The van der Waals surface area contributed by atoms with E-state index in [2.05, 4.69) is 22.1 Å². The van der Waals surface area contributed by atoms with Gasteiger partial charge in [-0.2, -0.15) is 0 Å². The molecule has 0 radical (unpaired) electrons. The van der Waals surface area contributed by atoms with E-state index < -0.39 is 0 Å². The lowest BCUT2D eigenvalue weighted by atomic mass is 10.2. The Hall–Kier alpha value is -2.84. The first kappa shape index (κ1) is 18.9. The van der Waals surface area contributed by atoms with Crippen LogP contribution in [0.25, 0.3) is 10.2 Å². The maximum absolute atomic E-state index is 12.4. The van der Waals surface area contributed by atoms with Crippen molar-refractivity contribution in [2.45, 2.75) is 32.7 Å². The molecule has 0 aliphatic rings. The van der Waals surface area contributed by atoms with Crippen LogP contribution in [0.2, 0.25) is 0 Å². The number of rotatable bonds is 7. The highest BCUT2D eigenvalue weighted by Gasteiger charge is 2.07. The standard InChI is InChI=1S/C22H22N2O2S/c1-2-3-4-5-6-12-26-19-9-7-8-17(13-19)15-23-22(25)18-10-11-20-21(14-18)27-16-24-20/h7-11,13-14,16H,2,5-6,12,15H2,1H3,(H,23,25). The number of unbranched alkanes of at least 4 members (excludes halogenated alkanes) is 1. The molecular formula is C22H22N2O2S. The van der Waals surface area contributed by atoms with Crippen LogP contribution >= 0.6 is 11.3 Å². The lowest BCUT2D eigenvalue weighted by Crippen LogP contribution is -2.22. The molecule has 27 heavy (non-hydrogen) atoms. The Morgan fingerprint density at radius 3 is 3.04 bits per heavy atom. The summed E-state index contributed by atoms with van der Waals surface area (Å²) in [5.41, 5.74) is 4.36. The molecule has 0 saturated carbocycles. The molecule has 0 unspecified atom stereocenters. The summed E-state index contributed by atoms with van der Waals surface area (Å²) < 4.78 is 6.79. The van der Waals surface area contributed by atoms with Crippen LogP contribution in [0.1, 0.15) is 42.1 Å². The van der Waals surface area contributed by atoms with Gasteiger partial charge in [0.15, 0.2) is 0 Å². The molecule has 138 valence electrons. The molecule has 1 N–H and O–H groups in total. The summed E-state index contributed by atoms with van der Waals surface area (Å²) in [6.45, 7) is 3.15. The average molecular weight is 378 g/mol. The first-order valence-corrected chi connectivity index (χ1v) is 9.93. The molecular weight excluding hydrogens is 356 g/mol. The Morgan fingerprint density at radius 1 is 1.22 bits per heavy atom. The largest absolute Gasteiger partial charge is 0.494 e. The number of carbonyl (C=O) groups excluding carboxylic acids is 1. The van der Waals surface area contributed by atoms with Crippen molar-refractivity contribution in [3.8, 4) is 17.6 Å². The van der Waals surface area contributed by atoms with E-state index in [0.29, 0.717) is 18.7 Å². The number of carbonyl (C=O) groups is 1. The zero-order valence-corrected chi connectivity index (χ0v) is 16.1.